The van der Waals surface area contributed by atoms with Crippen LogP contribution < -0.4 is 4.90 Å². The highest BCUT2D eigenvalue weighted by atomic mass is 16.4. The summed E-state index contributed by atoms with van der Waals surface area (Å²) in [7, 11) is 0. The average molecular weight is 282 g/mol. The highest BCUT2D eigenvalue weighted by molar-refractivity contribution is 5.89. The number of carboxylic acids is 1. The van der Waals surface area contributed by atoms with Crippen LogP contribution in [0.15, 0.2) is 36.4 Å². The molecule has 108 valence electrons. The van der Waals surface area contributed by atoms with E-state index in [4.69, 9.17) is 5.11 Å². The second-order valence-electron chi connectivity index (χ2n) is 5.36. The molecule has 0 spiro atoms. The van der Waals surface area contributed by atoms with Gasteiger partial charge in [0, 0.05) is 13.1 Å². The Balaban J connectivity index is 1.83. The van der Waals surface area contributed by atoms with Gasteiger partial charge in [-0.1, -0.05) is 24.3 Å². The predicted molar refractivity (Wildman–Crippen MR) is 82.0 cm³/mol. The summed E-state index contributed by atoms with van der Waals surface area (Å²) in [4.78, 5) is 17.8. The smallest absolute Gasteiger partial charge is 0.337 e. The Bertz CT molecular complexity index is 655. The van der Waals surface area contributed by atoms with Crippen molar-refractivity contribution in [2.24, 2.45) is 0 Å². The highest BCUT2D eigenvalue weighted by Gasteiger charge is 2.16. The van der Waals surface area contributed by atoms with Gasteiger partial charge in [0.25, 0.3) is 0 Å². The monoisotopic (exact) mass is 282 g/mol. The lowest BCUT2D eigenvalue weighted by atomic mass is 10.0. The molecule has 0 fully saturated rings. The first kappa shape index (κ1) is 13.6. The van der Waals surface area contributed by atoms with E-state index in [0.717, 1.165) is 31.7 Å². The summed E-state index contributed by atoms with van der Waals surface area (Å²) in [5, 5.41) is 9.08. The van der Waals surface area contributed by atoms with Gasteiger partial charge in [0.2, 0.25) is 0 Å². The first-order chi connectivity index (χ1) is 10.1. The number of nitrogens with zero attached hydrogens (tertiary/aromatic N) is 2. The van der Waals surface area contributed by atoms with Gasteiger partial charge in [-0.15, -0.1) is 0 Å². The normalized spacial score (nSPS) is 14.4. The number of hydrogen-bond donors (Lipinski definition) is 1. The van der Waals surface area contributed by atoms with Crippen LogP contribution in [0.3, 0.4) is 0 Å². The van der Waals surface area contributed by atoms with Crippen molar-refractivity contribution in [3.05, 3.63) is 58.8 Å². The van der Waals surface area contributed by atoms with Gasteiger partial charge in [0.05, 0.1) is 11.3 Å². The van der Waals surface area contributed by atoms with Crippen LogP contribution in [-0.2, 0) is 12.8 Å². The number of aromatic carboxylic acids is 1. The van der Waals surface area contributed by atoms with Gasteiger partial charge in [0.1, 0.15) is 5.82 Å². The first-order valence-electron chi connectivity index (χ1n) is 7.18. The van der Waals surface area contributed by atoms with E-state index >= 15 is 0 Å². The molecule has 1 aliphatic rings. The van der Waals surface area contributed by atoms with E-state index in [2.05, 4.69) is 34.1 Å². The fraction of sp³-hybridized carbons (Fsp3) is 0.294. The van der Waals surface area contributed by atoms with Gasteiger partial charge in [-0.2, -0.15) is 0 Å². The summed E-state index contributed by atoms with van der Waals surface area (Å²) in [6.07, 6.45) is 2.00. The quantitative estimate of drug-likeness (QED) is 0.920. The van der Waals surface area contributed by atoms with E-state index in [1.807, 2.05) is 6.07 Å². The van der Waals surface area contributed by atoms with Crippen molar-refractivity contribution >= 4 is 11.8 Å². The average Bonchev–Trinajstić information content (AvgIpc) is 2.69. The number of rotatable bonds is 2. The number of benzene rings is 1. The van der Waals surface area contributed by atoms with Crippen molar-refractivity contribution in [3.63, 3.8) is 0 Å². The van der Waals surface area contributed by atoms with Crippen LogP contribution in [0.1, 0.15) is 27.2 Å². The van der Waals surface area contributed by atoms with Crippen molar-refractivity contribution in [2.75, 3.05) is 18.0 Å². The second kappa shape index (κ2) is 5.56. The van der Waals surface area contributed by atoms with Crippen LogP contribution >= 0.6 is 0 Å². The zero-order chi connectivity index (χ0) is 14.8. The number of fused-ring (bicyclic) bond motifs is 1. The van der Waals surface area contributed by atoms with E-state index in [9.17, 15) is 4.79 Å². The molecule has 21 heavy (non-hydrogen) atoms. The van der Waals surface area contributed by atoms with E-state index in [1.54, 1.807) is 13.0 Å². The number of carboxylic acid groups (broad SMARTS) is 1. The minimum Gasteiger partial charge on any atom is -0.478 e. The van der Waals surface area contributed by atoms with Gasteiger partial charge >= 0.3 is 5.97 Å². The van der Waals surface area contributed by atoms with E-state index in [-0.39, 0.29) is 5.56 Å². The van der Waals surface area contributed by atoms with Crippen LogP contribution in [0.2, 0.25) is 0 Å². The molecule has 0 aliphatic carbocycles. The zero-order valence-electron chi connectivity index (χ0n) is 12.0. The molecule has 1 aromatic carbocycles. The maximum atomic E-state index is 11.1. The van der Waals surface area contributed by atoms with Gasteiger partial charge < -0.3 is 10.0 Å². The fourth-order valence-corrected chi connectivity index (χ4v) is 2.85. The Labute approximate surface area is 124 Å². The zero-order valence-corrected chi connectivity index (χ0v) is 12.0. The Morgan fingerprint density at radius 1 is 1.10 bits per heavy atom. The standard InChI is InChI=1S/C17H18N2O2/c1-12-15(17(20)21)6-7-16(18-12)19-10-8-13-4-2-3-5-14(13)9-11-19/h2-7H,8-11H2,1H3,(H,20,21). The lowest BCUT2D eigenvalue weighted by molar-refractivity contribution is 0.0695. The Morgan fingerprint density at radius 2 is 1.71 bits per heavy atom. The summed E-state index contributed by atoms with van der Waals surface area (Å²) in [5.41, 5.74) is 3.65. The van der Waals surface area contributed by atoms with Gasteiger partial charge in [-0.3, -0.25) is 0 Å². The molecule has 1 N–H and O–H groups in total. The minimum absolute atomic E-state index is 0.275. The molecule has 0 saturated carbocycles. The van der Waals surface area contributed by atoms with Crippen LogP contribution in [0.25, 0.3) is 0 Å². The Hall–Kier alpha value is -2.36. The second-order valence-corrected chi connectivity index (χ2v) is 5.36. The summed E-state index contributed by atoms with van der Waals surface area (Å²) in [6.45, 7) is 3.57. The van der Waals surface area contributed by atoms with E-state index < -0.39 is 5.97 Å². The van der Waals surface area contributed by atoms with E-state index in [1.165, 1.54) is 11.1 Å². The number of pyridine rings is 1. The molecule has 0 atom stereocenters. The van der Waals surface area contributed by atoms with Crippen LogP contribution in [0.5, 0.6) is 0 Å². The molecule has 4 nitrogen and oxygen atoms in total. The molecule has 3 rings (SSSR count). The number of carbonyl (C=O) groups is 1. The fourth-order valence-electron chi connectivity index (χ4n) is 2.85. The predicted octanol–water partition coefficient (Wildman–Crippen LogP) is 2.69. The number of anilines is 1. The third kappa shape index (κ3) is 2.75. The molecule has 0 bridgehead atoms. The summed E-state index contributed by atoms with van der Waals surface area (Å²) in [6, 6.07) is 12.0. The molecule has 2 aromatic rings. The summed E-state index contributed by atoms with van der Waals surface area (Å²) in [5.74, 6) is -0.0554. The Morgan fingerprint density at radius 3 is 2.24 bits per heavy atom. The number of aromatic nitrogens is 1. The molecule has 2 heterocycles. The minimum atomic E-state index is -0.921. The number of aryl methyl sites for hydroxylation is 1. The topological polar surface area (TPSA) is 53.4 Å². The summed E-state index contributed by atoms with van der Waals surface area (Å²) < 4.78 is 0. The molecule has 1 aromatic heterocycles. The maximum absolute atomic E-state index is 11.1. The van der Waals surface area contributed by atoms with Crippen LogP contribution in [-0.4, -0.2) is 29.1 Å². The molecule has 4 heteroatoms. The highest BCUT2D eigenvalue weighted by Crippen LogP contribution is 2.21. The molecular formula is C17H18N2O2. The molecule has 0 amide bonds. The first-order valence-corrected chi connectivity index (χ1v) is 7.18. The van der Waals surface area contributed by atoms with Crippen molar-refractivity contribution in [1.82, 2.24) is 4.98 Å². The van der Waals surface area contributed by atoms with Crippen LogP contribution in [0.4, 0.5) is 5.82 Å². The lowest BCUT2D eigenvalue weighted by Gasteiger charge is -2.22. The largest absolute Gasteiger partial charge is 0.478 e. The molecular weight excluding hydrogens is 264 g/mol. The van der Waals surface area contributed by atoms with Crippen molar-refractivity contribution in [3.8, 4) is 0 Å². The van der Waals surface area contributed by atoms with Crippen molar-refractivity contribution in [1.29, 1.82) is 0 Å². The molecule has 0 radical (unpaired) electrons. The maximum Gasteiger partial charge on any atom is 0.337 e. The Kier molecular flexibility index (Phi) is 3.60. The van der Waals surface area contributed by atoms with Gasteiger partial charge in [-0.05, 0) is 43.0 Å². The molecule has 0 unspecified atom stereocenters. The van der Waals surface area contributed by atoms with Gasteiger partial charge in [0.15, 0.2) is 0 Å². The van der Waals surface area contributed by atoms with E-state index in [0.29, 0.717) is 5.69 Å². The third-order valence-electron chi connectivity index (χ3n) is 4.05. The SMILES string of the molecule is Cc1nc(N2CCc3ccccc3CC2)ccc1C(=O)O. The third-order valence-corrected chi connectivity index (χ3v) is 4.05. The van der Waals surface area contributed by atoms with Gasteiger partial charge in [-0.25, -0.2) is 9.78 Å². The molecule has 0 saturated heterocycles. The summed E-state index contributed by atoms with van der Waals surface area (Å²) >= 11 is 0. The van der Waals surface area contributed by atoms with Crippen LogP contribution in [0, 0.1) is 6.92 Å². The van der Waals surface area contributed by atoms with Crippen molar-refractivity contribution in [2.45, 2.75) is 19.8 Å². The number of hydrogen-bond acceptors (Lipinski definition) is 3. The molecule has 1 aliphatic heterocycles. The van der Waals surface area contributed by atoms with Crippen molar-refractivity contribution < 1.29 is 9.90 Å². The lowest BCUT2D eigenvalue weighted by Crippen LogP contribution is -2.27.